The lowest BCUT2D eigenvalue weighted by Crippen LogP contribution is -2.38. The summed E-state index contributed by atoms with van der Waals surface area (Å²) < 4.78 is 22.4. The number of furan rings is 1. The van der Waals surface area contributed by atoms with E-state index in [2.05, 4.69) is 30.3 Å². The Labute approximate surface area is 182 Å². The van der Waals surface area contributed by atoms with Gasteiger partial charge in [0.25, 0.3) is 0 Å². The maximum absolute atomic E-state index is 5.97. The van der Waals surface area contributed by atoms with Crippen LogP contribution >= 0.6 is 0 Å². The largest absolute Gasteiger partial charge is 0.476 e. The fourth-order valence-electron chi connectivity index (χ4n) is 3.40. The second-order valence-corrected chi connectivity index (χ2v) is 7.54. The average Bonchev–Trinajstić information content (AvgIpc) is 3.12. The van der Waals surface area contributed by atoms with Gasteiger partial charge in [-0.15, -0.1) is 0 Å². The first-order valence-corrected chi connectivity index (χ1v) is 10.7. The molecular formula is C21H30N6O4. The van der Waals surface area contributed by atoms with Crippen molar-refractivity contribution in [3.63, 3.8) is 0 Å². The molecule has 2 saturated heterocycles. The lowest BCUT2D eigenvalue weighted by Gasteiger charge is -2.28. The van der Waals surface area contributed by atoms with Crippen molar-refractivity contribution in [3.8, 4) is 5.88 Å². The van der Waals surface area contributed by atoms with Gasteiger partial charge >= 0.3 is 0 Å². The van der Waals surface area contributed by atoms with E-state index < -0.39 is 0 Å². The Morgan fingerprint density at radius 3 is 2.52 bits per heavy atom. The van der Waals surface area contributed by atoms with Gasteiger partial charge in [0.1, 0.15) is 18.2 Å². The quantitative estimate of drug-likeness (QED) is 0.495. The first kappa shape index (κ1) is 21.5. The van der Waals surface area contributed by atoms with Gasteiger partial charge in [0.15, 0.2) is 5.82 Å². The molecule has 0 unspecified atom stereocenters. The van der Waals surface area contributed by atoms with Crippen molar-refractivity contribution in [1.29, 1.82) is 0 Å². The van der Waals surface area contributed by atoms with Crippen LogP contribution in [0, 0.1) is 13.8 Å². The smallest absolute Gasteiger partial charge is 0.219 e. The van der Waals surface area contributed by atoms with Crippen molar-refractivity contribution >= 4 is 17.9 Å². The average molecular weight is 431 g/mol. The Kier molecular flexibility index (Phi) is 7.34. The highest BCUT2D eigenvalue weighted by molar-refractivity contribution is 5.76. The second-order valence-electron chi connectivity index (χ2n) is 7.54. The van der Waals surface area contributed by atoms with Crippen LogP contribution in [0.5, 0.6) is 5.88 Å². The van der Waals surface area contributed by atoms with Crippen LogP contribution in [0.3, 0.4) is 0 Å². The number of aromatic nitrogens is 2. The maximum atomic E-state index is 5.97. The zero-order valence-electron chi connectivity index (χ0n) is 18.2. The fourth-order valence-corrected chi connectivity index (χ4v) is 3.40. The predicted molar refractivity (Wildman–Crippen MR) is 117 cm³/mol. The molecule has 2 aliphatic heterocycles. The summed E-state index contributed by atoms with van der Waals surface area (Å²) >= 11 is 0. The summed E-state index contributed by atoms with van der Waals surface area (Å²) in [5.74, 6) is 3.26. The summed E-state index contributed by atoms with van der Waals surface area (Å²) in [6.07, 6.45) is 1.58. The molecular weight excluding hydrogens is 400 g/mol. The van der Waals surface area contributed by atoms with Gasteiger partial charge in [0.2, 0.25) is 11.8 Å². The lowest BCUT2D eigenvalue weighted by atomic mass is 10.3. The monoisotopic (exact) mass is 430 g/mol. The highest BCUT2D eigenvalue weighted by Crippen LogP contribution is 2.20. The van der Waals surface area contributed by atoms with E-state index in [-0.39, 0.29) is 0 Å². The summed E-state index contributed by atoms with van der Waals surface area (Å²) in [5, 5.41) is 4.23. The van der Waals surface area contributed by atoms with Crippen LogP contribution in [-0.2, 0) is 9.47 Å². The number of rotatable bonds is 8. The van der Waals surface area contributed by atoms with Crippen molar-refractivity contribution < 1.29 is 18.6 Å². The van der Waals surface area contributed by atoms with Crippen molar-refractivity contribution in [3.05, 3.63) is 29.3 Å². The second kappa shape index (κ2) is 10.6. The molecule has 0 saturated carbocycles. The van der Waals surface area contributed by atoms with Crippen LogP contribution in [0.4, 0.5) is 11.7 Å². The molecule has 31 heavy (non-hydrogen) atoms. The van der Waals surface area contributed by atoms with Crippen LogP contribution < -0.4 is 15.1 Å². The Morgan fingerprint density at radius 1 is 1.06 bits per heavy atom. The molecule has 0 radical (unpaired) electrons. The summed E-state index contributed by atoms with van der Waals surface area (Å²) in [4.78, 5) is 13.6. The molecule has 4 heterocycles. The minimum absolute atomic E-state index is 0.470. The van der Waals surface area contributed by atoms with E-state index >= 15 is 0 Å². The number of aryl methyl sites for hydroxylation is 2. The molecule has 0 spiro atoms. The highest BCUT2D eigenvalue weighted by atomic mass is 16.5. The van der Waals surface area contributed by atoms with Crippen molar-refractivity contribution in [2.75, 3.05) is 76.1 Å². The number of anilines is 2. The number of hydrogen-bond donors (Lipinski definition) is 1. The van der Waals surface area contributed by atoms with Crippen LogP contribution in [0.2, 0.25) is 0 Å². The molecule has 2 aliphatic rings. The summed E-state index contributed by atoms with van der Waals surface area (Å²) in [5.41, 5.74) is 3.96. The van der Waals surface area contributed by atoms with E-state index in [1.165, 1.54) is 0 Å². The van der Waals surface area contributed by atoms with E-state index in [0.29, 0.717) is 37.4 Å². The SMILES string of the molecule is Cc1cc(N/N=C/c2nc(OCCN3CCOCC3)cc(N3CCOCC3)n2)oc1C. The number of nitrogens with zero attached hydrogens (tertiary/aromatic N) is 5. The molecule has 10 nitrogen and oxygen atoms in total. The molecule has 168 valence electrons. The molecule has 2 fully saturated rings. The van der Waals surface area contributed by atoms with Crippen LogP contribution in [0.25, 0.3) is 0 Å². The van der Waals surface area contributed by atoms with E-state index in [9.17, 15) is 0 Å². The van der Waals surface area contributed by atoms with Crippen LogP contribution in [0.15, 0.2) is 21.7 Å². The van der Waals surface area contributed by atoms with Gasteiger partial charge in [-0.25, -0.2) is 10.4 Å². The van der Waals surface area contributed by atoms with E-state index in [1.807, 2.05) is 26.0 Å². The van der Waals surface area contributed by atoms with Gasteiger partial charge in [-0.2, -0.15) is 10.1 Å². The van der Waals surface area contributed by atoms with Crippen molar-refractivity contribution in [1.82, 2.24) is 14.9 Å². The Balaban J connectivity index is 1.43. The fraction of sp³-hybridized carbons (Fsp3) is 0.571. The third kappa shape index (κ3) is 6.16. The number of ether oxygens (including phenoxy) is 3. The minimum atomic E-state index is 0.470. The molecule has 1 N–H and O–H groups in total. The molecule has 0 amide bonds. The van der Waals surface area contributed by atoms with Crippen LogP contribution in [-0.4, -0.2) is 86.8 Å². The zero-order chi connectivity index (χ0) is 21.5. The number of morpholine rings is 2. The summed E-state index contributed by atoms with van der Waals surface area (Å²) in [6.45, 7) is 11.6. The first-order valence-electron chi connectivity index (χ1n) is 10.7. The third-order valence-electron chi connectivity index (χ3n) is 5.32. The Bertz CT molecular complexity index is 855. The van der Waals surface area contributed by atoms with E-state index in [4.69, 9.17) is 18.6 Å². The minimum Gasteiger partial charge on any atom is -0.476 e. The Hall–Kier alpha value is -2.69. The molecule has 0 atom stereocenters. The summed E-state index contributed by atoms with van der Waals surface area (Å²) in [6, 6.07) is 3.78. The standard InChI is InChI=1S/C21H30N6O4/c1-16-13-21(31-17(16)2)25-22-15-18-23-19(27-6-10-29-11-7-27)14-20(24-18)30-12-5-26-3-8-28-9-4-26/h13-15,25H,3-12H2,1-2H3/b22-15+. The molecule has 2 aromatic rings. The van der Waals surface area contributed by atoms with Crippen molar-refractivity contribution in [2.24, 2.45) is 5.10 Å². The van der Waals surface area contributed by atoms with Gasteiger partial charge in [0, 0.05) is 44.9 Å². The lowest BCUT2D eigenvalue weighted by molar-refractivity contribution is 0.0320. The summed E-state index contributed by atoms with van der Waals surface area (Å²) in [7, 11) is 0. The van der Waals surface area contributed by atoms with Crippen molar-refractivity contribution in [2.45, 2.75) is 13.8 Å². The maximum Gasteiger partial charge on any atom is 0.219 e. The zero-order valence-corrected chi connectivity index (χ0v) is 18.2. The van der Waals surface area contributed by atoms with E-state index in [1.54, 1.807) is 6.21 Å². The molecule has 0 aliphatic carbocycles. The van der Waals surface area contributed by atoms with E-state index in [0.717, 1.165) is 63.1 Å². The molecule has 2 aromatic heterocycles. The number of hydrazone groups is 1. The molecule has 0 bridgehead atoms. The number of nitrogens with one attached hydrogen (secondary N) is 1. The molecule has 0 aromatic carbocycles. The van der Waals surface area contributed by atoms with Gasteiger partial charge < -0.3 is 23.5 Å². The first-order chi connectivity index (χ1) is 15.2. The molecule has 10 heteroatoms. The normalized spacial score (nSPS) is 17.9. The van der Waals surface area contributed by atoms with Gasteiger partial charge in [0.05, 0.1) is 32.6 Å². The highest BCUT2D eigenvalue weighted by Gasteiger charge is 2.16. The Morgan fingerprint density at radius 2 is 1.81 bits per heavy atom. The number of hydrogen-bond acceptors (Lipinski definition) is 10. The van der Waals surface area contributed by atoms with Gasteiger partial charge in [-0.1, -0.05) is 0 Å². The topological polar surface area (TPSA) is 97.5 Å². The van der Waals surface area contributed by atoms with Gasteiger partial charge in [-0.3, -0.25) is 4.90 Å². The third-order valence-corrected chi connectivity index (χ3v) is 5.32. The van der Waals surface area contributed by atoms with Crippen LogP contribution in [0.1, 0.15) is 17.1 Å². The van der Waals surface area contributed by atoms with Gasteiger partial charge in [-0.05, 0) is 19.4 Å². The predicted octanol–water partition coefficient (Wildman–Crippen LogP) is 1.68. The molecule has 4 rings (SSSR count).